The zero-order chi connectivity index (χ0) is 16.1. The van der Waals surface area contributed by atoms with Crippen LogP contribution in [0.25, 0.3) is 0 Å². The van der Waals surface area contributed by atoms with Gasteiger partial charge in [0.05, 0.1) is 17.8 Å². The molecule has 0 saturated carbocycles. The number of benzene rings is 1. The molecule has 3 atom stereocenters. The van der Waals surface area contributed by atoms with Gasteiger partial charge < -0.3 is 25.2 Å². The zero-order valence-electron chi connectivity index (χ0n) is 13.6. The predicted octanol–water partition coefficient (Wildman–Crippen LogP) is 0.976. The Morgan fingerprint density at radius 1 is 1.38 bits per heavy atom. The lowest BCUT2D eigenvalue weighted by Crippen LogP contribution is -2.34. The van der Waals surface area contributed by atoms with E-state index in [-0.39, 0.29) is 30.3 Å². The van der Waals surface area contributed by atoms with Gasteiger partial charge in [0.15, 0.2) is 0 Å². The number of β-amino-alcohol motifs (C(OH)–C–C–N with tert-alkyl or cyclic N) is 1. The van der Waals surface area contributed by atoms with Crippen LogP contribution in [-0.2, 0) is 4.74 Å². The minimum atomic E-state index is -0.402. The van der Waals surface area contributed by atoms with Gasteiger partial charge in [-0.2, -0.15) is 0 Å². The van der Waals surface area contributed by atoms with Crippen molar-refractivity contribution in [2.75, 3.05) is 32.8 Å². The van der Waals surface area contributed by atoms with Crippen molar-refractivity contribution in [2.45, 2.75) is 25.0 Å². The first kappa shape index (κ1) is 19.0. The lowest BCUT2D eigenvalue weighted by atomic mass is 10.1. The molecule has 2 aliphatic rings. The Morgan fingerprint density at radius 2 is 2.21 bits per heavy atom. The molecule has 0 bridgehead atoms. The van der Waals surface area contributed by atoms with Crippen molar-refractivity contribution < 1.29 is 19.4 Å². The number of nitrogens with one attached hydrogen (secondary N) is 2. The van der Waals surface area contributed by atoms with E-state index in [9.17, 15) is 9.90 Å². The number of hydrogen-bond acceptors (Lipinski definition) is 5. The first-order chi connectivity index (χ1) is 11.2. The quantitative estimate of drug-likeness (QED) is 0.708. The highest BCUT2D eigenvalue weighted by molar-refractivity contribution is 5.96. The normalized spacial score (nSPS) is 26.0. The zero-order valence-corrected chi connectivity index (χ0v) is 14.4. The molecular formula is C17H25ClN2O4. The number of carbonyl (C=O) groups excluding carboxylic acids is 1. The number of aliphatic hydroxyl groups excluding tert-OH is 1. The number of carbonyl (C=O) groups is 1. The molecule has 0 aliphatic carbocycles. The van der Waals surface area contributed by atoms with Gasteiger partial charge in [-0.25, -0.2) is 0 Å². The van der Waals surface area contributed by atoms with Crippen LogP contribution in [0.2, 0.25) is 0 Å². The summed E-state index contributed by atoms with van der Waals surface area (Å²) in [5, 5.41) is 15.8. The Morgan fingerprint density at radius 3 is 2.92 bits per heavy atom. The van der Waals surface area contributed by atoms with Gasteiger partial charge in [0.25, 0.3) is 5.91 Å². The second-order valence-electron chi connectivity index (χ2n) is 6.14. The van der Waals surface area contributed by atoms with E-state index >= 15 is 0 Å². The lowest BCUT2D eigenvalue weighted by Gasteiger charge is -2.16. The van der Waals surface area contributed by atoms with Gasteiger partial charge in [0, 0.05) is 32.2 Å². The van der Waals surface area contributed by atoms with E-state index in [1.54, 1.807) is 12.1 Å². The number of halogens is 1. The van der Waals surface area contributed by atoms with Crippen LogP contribution in [0.4, 0.5) is 0 Å². The average Bonchev–Trinajstić information content (AvgIpc) is 3.22. The maximum atomic E-state index is 12.4. The van der Waals surface area contributed by atoms with Gasteiger partial charge in [0.1, 0.15) is 12.4 Å². The highest BCUT2D eigenvalue weighted by Crippen LogP contribution is 2.20. The fourth-order valence-electron chi connectivity index (χ4n) is 2.99. The van der Waals surface area contributed by atoms with Crippen molar-refractivity contribution in [3.8, 4) is 5.75 Å². The van der Waals surface area contributed by atoms with Gasteiger partial charge in [0.2, 0.25) is 0 Å². The van der Waals surface area contributed by atoms with E-state index in [4.69, 9.17) is 9.47 Å². The molecule has 3 N–H and O–H groups in total. The van der Waals surface area contributed by atoms with Crippen LogP contribution < -0.4 is 15.4 Å². The molecule has 3 unspecified atom stereocenters. The molecule has 0 aromatic heterocycles. The highest BCUT2D eigenvalue weighted by Gasteiger charge is 2.25. The number of aliphatic hydroxyl groups is 1. The Balaban J connectivity index is 0.00000208. The number of ether oxygens (including phenoxy) is 2. The molecular weight excluding hydrogens is 332 g/mol. The Hall–Kier alpha value is -1.34. The monoisotopic (exact) mass is 356 g/mol. The number of hydrogen-bond donors (Lipinski definition) is 3. The molecule has 2 aliphatic heterocycles. The topological polar surface area (TPSA) is 79.8 Å². The average molecular weight is 357 g/mol. The second kappa shape index (κ2) is 9.22. The summed E-state index contributed by atoms with van der Waals surface area (Å²) in [6.45, 7) is 3.01. The molecule has 2 fully saturated rings. The number of para-hydroxylation sites is 1. The van der Waals surface area contributed by atoms with Crippen molar-refractivity contribution in [1.82, 2.24) is 10.6 Å². The molecule has 1 aromatic carbocycles. The molecule has 24 heavy (non-hydrogen) atoms. The third-order valence-electron chi connectivity index (χ3n) is 4.41. The van der Waals surface area contributed by atoms with E-state index in [1.165, 1.54) is 0 Å². The SMILES string of the molecule is Cl.O=C(NCC1CNCC1O)c1ccccc1OCC1CCCO1. The molecule has 7 heteroatoms. The minimum absolute atomic E-state index is 0. The Labute approximate surface area is 148 Å². The second-order valence-corrected chi connectivity index (χ2v) is 6.14. The van der Waals surface area contributed by atoms with Crippen LogP contribution in [0.1, 0.15) is 23.2 Å². The summed E-state index contributed by atoms with van der Waals surface area (Å²) in [5.74, 6) is 0.455. The van der Waals surface area contributed by atoms with Crippen LogP contribution in [0.15, 0.2) is 24.3 Å². The van der Waals surface area contributed by atoms with Gasteiger partial charge >= 0.3 is 0 Å². The minimum Gasteiger partial charge on any atom is -0.490 e. The van der Waals surface area contributed by atoms with E-state index in [0.717, 1.165) is 26.0 Å². The molecule has 1 amide bonds. The van der Waals surface area contributed by atoms with Gasteiger partial charge in [-0.15, -0.1) is 12.4 Å². The summed E-state index contributed by atoms with van der Waals surface area (Å²) in [4.78, 5) is 12.4. The Bertz CT molecular complexity index is 537. The highest BCUT2D eigenvalue weighted by atomic mass is 35.5. The summed E-state index contributed by atoms with van der Waals surface area (Å²) in [5.41, 5.74) is 0.519. The molecule has 0 radical (unpaired) electrons. The molecule has 0 spiro atoms. The Kier molecular flexibility index (Phi) is 7.30. The van der Waals surface area contributed by atoms with E-state index < -0.39 is 6.10 Å². The van der Waals surface area contributed by atoms with Gasteiger partial charge in [-0.3, -0.25) is 4.79 Å². The fourth-order valence-corrected chi connectivity index (χ4v) is 2.99. The largest absolute Gasteiger partial charge is 0.490 e. The standard InChI is InChI=1S/C17H24N2O4.ClH/c20-15-10-18-8-12(15)9-19-17(21)14-5-1-2-6-16(14)23-11-13-4-3-7-22-13;/h1-2,5-6,12-13,15,18,20H,3-4,7-11H2,(H,19,21);1H. The van der Waals surface area contributed by atoms with Crippen LogP contribution >= 0.6 is 12.4 Å². The predicted molar refractivity (Wildman–Crippen MR) is 92.9 cm³/mol. The van der Waals surface area contributed by atoms with Crippen molar-refractivity contribution in [3.05, 3.63) is 29.8 Å². The lowest BCUT2D eigenvalue weighted by molar-refractivity contribution is 0.0670. The molecule has 2 heterocycles. The summed E-state index contributed by atoms with van der Waals surface area (Å²) in [6.07, 6.45) is 1.78. The van der Waals surface area contributed by atoms with Crippen LogP contribution in [-0.4, -0.2) is 56.1 Å². The molecule has 6 nitrogen and oxygen atoms in total. The maximum Gasteiger partial charge on any atom is 0.255 e. The van der Waals surface area contributed by atoms with Crippen molar-refractivity contribution in [1.29, 1.82) is 0 Å². The fraction of sp³-hybridized carbons (Fsp3) is 0.588. The third kappa shape index (κ3) is 4.83. The first-order valence-electron chi connectivity index (χ1n) is 8.24. The molecule has 1 aromatic rings. The smallest absolute Gasteiger partial charge is 0.255 e. The van der Waals surface area contributed by atoms with Crippen LogP contribution in [0.5, 0.6) is 5.75 Å². The molecule has 3 rings (SSSR count). The summed E-state index contributed by atoms with van der Waals surface area (Å²) in [6, 6.07) is 7.23. The van der Waals surface area contributed by atoms with Crippen LogP contribution in [0.3, 0.4) is 0 Å². The van der Waals surface area contributed by atoms with E-state index in [1.807, 2.05) is 12.1 Å². The van der Waals surface area contributed by atoms with Gasteiger partial charge in [-0.1, -0.05) is 12.1 Å². The summed E-state index contributed by atoms with van der Waals surface area (Å²) < 4.78 is 11.3. The maximum absolute atomic E-state index is 12.4. The van der Waals surface area contributed by atoms with Gasteiger partial charge in [-0.05, 0) is 25.0 Å². The first-order valence-corrected chi connectivity index (χ1v) is 8.24. The van der Waals surface area contributed by atoms with E-state index in [2.05, 4.69) is 10.6 Å². The van der Waals surface area contributed by atoms with Crippen molar-refractivity contribution in [2.24, 2.45) is 5.92 Å². The summed E-state index contributed by atoms with van der Waals surface area (Å²) >= 11 is 0. The molecule has 134 valence electrons. The van der Waals surface area contributed by atoms with Crippen LogP contribution in [0, 0.1) is 5.92 Å². The van der Waals surface area contributed by atoms with Crippen molar-refractivity contribution in [3.63, 3.8) is 0 Å². The van der Waals surface area contributed by atoms with Crippen molar-refractivity contribution >= 4 is 18.3 Å². The number of rotatable bonds is 6. The van der Waals surface area contributed by atoms with E-state index in [0.29, 0.717) is 31.0 Å². The third-order valence-corrected chi connectivity index (χ3v) is 4.41. The number of amides is 1. The molecule has 2 saturated heterocycles. The summed E-state index contributed by atoms with van der Waals surface area (Å²) in [7, 11) is 0.